The summed E-state index contributed by atoms with van der Waals surface area (Å²) in [6.45, 7) is 0. The first-order chi connectivity index (χ1) is 14.0. The SMILES string of the molecule is NS(=O)(=O)c1cccc(N(C=O)C(C(=O)NC2CC(F)(F)C2)c2ccccc2Cl)c1. The summed E-state index contributed by atoms with van der Waals surface area (Å²) in [7, 11) is -4.07. The van der Waals surface area contributed by atoms with Gasteiger partial charge in [0.15, 0.2) is 0 Å². The minimum Gasteiger partial charge on any atom is -0.351 e. The van der Waals surface area contributed by atoms with Crippen LogP contribution in [-0.2, 0) is 19.6 Å². The Bertz CT molecular complexity index is 1070. The molecule has 160 valence electrons. The second-order valence-corrected chi connectivity index (χ2v) is 8.92. The number of hydrogen-bond donors (Lipinski definition) is 2. The molecule has 0 aromatic heterocycles. The molecule has 1 fully saturated rings. The maximum Gasteiger partial charge on any atom is 0.252 e. The highest BCUT2D eigenvalue weighted by Gasteiger charge is 2.47. The first kappa shape index (κ1) is 22.1. The van der Waals surface area contributed by atoms with Crippen molar-refractivity contribution in [3.8, 4) is 0 Å². The third-order valence-electron chi connectivity index (χ3n) is 4.72. The number of benzene rings is 2. The molecule has 1 aliphatic carbocycles. The molecule has 0 radical (unpaired) electrons. The Balaban J connectivity index is 2.01. The van der Waals surface area contributed by atoms with Gasteiger partial charge in [-0.05, 0) is 24.3 Å². The van der Waals surface area contributed by atoms with Crippen molar-refractivity contribution in [2.24, 2.45) is 5.14 Å². The van der Waals surface area contributed by atoms with Gasteiger partial charge in [-0.3, -0.25) is 14.5 Å². The molecule has 30 heavy (non-hydrogen) atoms. The molecule has 2 aromatic rings. The summed E-state index contributed by atoms with van der Waals surface area (Å²) in [5.41, 5.74) is 0.311. The van der Waals surface area contributed by atoms with Gasteiger partial charge in [-0.1, -0.05) is 35.9 Å². The number of anilines is 1. The summed E-state index contributed by atoms with van der Waals surface area (Å²) in [4.78, 5) is 25.7. The van der Waals surface area contributed by atoms with Crippen LogP contribution in [0.25, 0.3) is 0 Å². The number of alkyl halides is 2. The zero-order valence-electron chi connectivity index (χ0n) is 15.5. The van der Waals surface area contributed by atoms with Crippen LogP contribution >= 0.6 is 11.6 Å². The predicted molar refractivity (Wildman–Crippen MR) is 107 cm³/mol. The van der Waals surface area contributed by atoms with Crippen LogP contribution in [0.5, 0.6) is 0 Å². The zero-order chi connectivity index (χ0) is 22.1. The summed E-state index contributed by atoms with van der Waals surface area (Å²) < 4.78 is 49.7. The first-order valence-corrected chi connectivity index (χ1v) is 10.7. The third-order valence-corrected chi connectivity index (χ3v) is 5.98. The van der Waals surface area contributed by atoms with Crippen molar-refractivity contribution in [3.05, 3.63) is 59.1 Å². The number of amides is 2. The van der Waals surface area contributed by atoms with Gasteiger partial charge in [-0.25, -0.2) is 22.3 Å². The number of nitrogens with two attached hydrogens (primary N) is 1. The quantitative estimate of drug-likeness (QED) is 0.623. The molecule has 3 rings (SSSR count). The number of sulfonamides is 1. The van der Waals surface area contributed by atoms with E-state index in [1.54, 1.807) is 12.1 Å². The van der Waals surface area contributed by atoms with Crippen LogP contribution in [0.2, 0.25) is 5.02 Å². The fourth-order valence-corrected chi connectivity index (χ4v) is 4.04. The molecule has 0 bridgehead atoms. The van der Waals surface area contributed by atoms with Crippen molar-refractivity contribution >= 4 is 39.6 Å². The normalized spacial score (nSPS) is 16.9. The smallest absolute Gasteiger partial charge is 0.252 e. The lowest BCUT2D eigenvalue weighted by molar-refractivity contribution is -0.131. The predicted octanol–water partition coefficient (Wildman–Crippen LogP) is 2.61. The van der Waals surface area contributed by atoms with Crippen molar-refractivity contribution in [1.29, 1.82) is 0 Å². The van der Waals surface area contributed by atoms with Gasteiger partial charge in [0.05, 0.1) is 4.90 Å². The highest BCUT2D eigenvalue weighted by atomic mass is 35.5. The van der Waals surface area contributed by atoms with Gasteiger partial charge >= 0.3 is 0 Å². The van der Waals surface area contributed by atoms with Crippen LogP contribution in [0.15, 0.2) is 53.4 Å². The first-order valence-electron chi connectivity index (χ1n) is 8.81. The molecule has 2 amide bonds. The molecular weight excluding hydrogens is 440 g/mol. The Morgan fingerprint density at radius 3 is 2.47 bits per heavy atom. The third kappa shape index (κ3) is 4.77. The Hall–Kier alpha value is -2.56. The number of primary sulfonamides is 1. The minimum absolute atomic E-state index is 0.0653. The molecule has 2 aromatic carbocycles. The van der Waals surface area contributed by atoms with E-state index in [-0.39, 0.29) is 21.2 Å². The molecule has 0 saturated heterocycles. The highest BCUT2D eigenvalue weighted by molar-refractivity contribution is 7.89. The molecule has 11 heteroatoms. The van der Waals surface area contributed by atoms with Gasteiger partial charge in [-0.15, -0.1) is 0 Å². The average Bonchev–Trinajstić information content (AvgIpc) is 2.64. The van der Waals surface area contributed by atoms with Gasteiger partial charge in [0.25, 0.3) is 5.92 Å². The fraction of sp³-hybridized carbons (Fsp3) is 0.263. The second kappa shape index (κ2) is 8.29. The number of hydrogen-bond acceptors (Lipinski definition) is 4. The lowest BCUT2D eigenvalue weighted by Crippen LogP contribution is -2.53. The molecular formula is C19H18ClF2N3O4S. The summed E-state index contributed by atoms with van der Waals surface area (Å²) in [5, 5.41) is 7.83. The Kier molecular flexibility index (Phi) is 6.11. The fourth-order valence-electron chi connectivity index (χ4n) is 3.25. The van der Waals surface area contributed by atoms with E-state index in [2.05, 4.69) is 5.32 Å². The van der Waals surface area contributed by atoms with Crippen LogP contribution in [0.4, 0.5) is 14.5 Å². The van der Waals surface area contributed by atoms with E-state index in [4.69, 9.17) is 16.7 Å². The molecule has 0 spiro atoms. The summed E-state index contributed by atoms with van der Waals surface area (Å²) >= 11 is 6.23. The summed E-state index contributed by atoms with van der Waals surface area (Å²) in [5.74, 6) is -3.57. The topological polar surface area (TPSA) is 110 Å². The Morgan fingerprint density at radius 1 is 1.23 bits per heavy atom. The standard InChI is InChI=1S/C19H18ClF2N3O4S/c20-16-7-2-1-6-15(16)17(18(27)24-12-9-19(21,22)10-12)25(11-26)13-4-3-5-14(8-13)30(23,28)29/h1-8,11-12,17H,9-10H2,(H,24,27)(H2,23,28,29). The lowest BCUT2D eigenvalue weighted by atomic mass is 9.87. The monoisotopic (exact) mass is 457 g/mol. The Labute approximate surface area is 176 Å². The van der Waals surface area contributed by atoms with E-state index in [1.807, 2.05) is 0 Å². The maximum absolute atomic E-state index is 13.2. The van der Waals surface area contributed by atoms with E-state index >= 15 is 0 Å². The molecule has 1 unspecified atom stereocenters. The minimum atomic E-state index is -4.07. The number of carbonyl (C=O) groups is 2. The van der Waals surface area contributed by atoms with Crippen LogP contribution in [0, 0.1) is 0 Å². The maximum atomic E-state index is 13.2. The van der Waals surface area contributed by atoms with Gasteiger partial charge in [0, 0.05) is 35.2 Å². The number of nitrogens with zero attached hydrogens (tertiary/aromatic N) is 1. The van der Waals surface area contributed by atoms with Crippen LogP contribution in [0.3, 0.4) is 0 Å². The summed E-state index contributed by atoms with van der Waals surface area (Å²) in [6, 6.07) is 9.34. The highest BCUT2D eigenvalue weighted by Crippen LogP contribution is 2.38. The van der Waals surface area contributed by atoms with Crippen LogP contribution in [0.1, 0.15) is 24.4 Å². The molecule has 3 N–H and O–H groups in total. The van der Waals surface area contributed by atoms with E-state index in [1.165, 1.54) is 30.3 Å². The van der Waals surface area contributed by atoms with E-state index in [9.17, 15) is 26.8 Å². The number of carbonyl (C=O) groups excluding carboxylic acids is 2. The molecule has 0 aliphatic heterocycles. The molecule has 0 heterocycles. The van der Waals surface area contributed by atoms with Crippen LogP contribution in [-0.4, -0.2) is 32.7 Å². The zero-order valence-corrected chi connectivity index (χ0v) is 17.0. The van der Waals surface area contributed by atoms with Crippen molar-refractivity contribution in [3.63, 3.8) is 0 Å². The Morgan fingerprint density at radius 2 is 1.90 bits per heavy atom. The molecule has 1 aliphatic rings. The number of nitrogens with one attached hydrogen (secondary N) is 1. The van der Waals surface area contributed by atoms with Crippen molar-refractivity contribution < 1.29 is 26.8 Å². The lowest BCUT2D eigenvalue weighted by Gasteiger charge is -2.37. The van der Waals surface area contributed by atoms with Crippen LogP contribution < -0.4 is 15.4 Å². The van der Waals surface area contributed by atoms with Gasteiger partial charge in [0.2, 0.25) is 22.3 Å². The molecule has 7 nitrogen and oxygen atoms in total. The van der Waals surface area contributed by atoms with E-state index in [0.29, 0.717) is 6.41 Å². The summed E-state index contributed by atoms with van der Waals surface area (Å²) in [6.07, 6.45) is -0.669. The van der Waals surface area contributed by atoms with Crippen molar-refractivity contribution in [1.82, 2.24) is 5.32 Å². The number of rotatable bonds is 7. The van der Waals surface area contributed by atoms with Gasteiger partial charge in [0.1, 0.15) is 6.04 Å². The second-order valence-electron chi connectivity index (χ2n) is 6.95. The van der Waals surface area contributed by atoms with Crippen molar-refractivity contribution in [2.45, 2.75) is 35.7 Å². The van der Waals surface area contributed by atoms with Gasteiger partial charge < -0.3 is 5.32 Å². The van der Waals surface area contributed by atoms with E-state index in [0.717, 1.165) is 11.0 Å². The van der Waals surface area contributed by atoms with Gasteiger partial charge in [-0.2, -0.15) is 0 Å². The average molecular weight is 458 g/mol. The van der Waals surface area contributed by atoms with E-state index < -0.39 is 46.8 Å². The largest absolute Gasteiger partial charge is 0.351 e. The molecule has 1 saturated carbocycles. The number of halogens is 3. The molecule has 1 atom stereocenters. The van der Waals surface area contributed by atoms with Crippen molar-refractivity contribution in [2.75, 3.05) is 4.90 Å².